The number of carbonyl (C=O) groups is 1. The van der Waals surface area contributed by atoms with Gasteiger partial charge in [-0.1, -0.05) is 24.3 Å². The van der Waals surface area contributed by atoms with E-state index in [0.29, 0.717) is 28.5 Å². The molecule has 4 rings (SSSR count). The van der Waals surface area contributed by atoms with Gasteiger partial charge in [-0.2, -0.15) is 5.10 Å². The summed E-state index contributed by atoms with van der Waals surface area (Å²) in [5, 5.41) is 7.43. The van der Waals surface area contributed by atoms with Crippen molar-refractivity contribution in [1.82, 2.24) is 14.1 Å². The van der Waals surface area contributed by atoms with Gasteiger partial charge in [-0.3, -0.25) is 4.79 Å². The van der Waals surface area contributed by atoms with Crippen molar-refractivity contribution in [3.63, 3.8) is 0 Å². The number of hydrogen-bond donors (Lipinski definition) is 1. The molecule has 1 amide bonds. The zero-order chi connectivity index (χ0) is 23.8. The lowest BCUT2D eigenvalue weighted by atomic mass is 10.1. The normalized spacial score (nSPS) is 11.7. The van der Waals surface area contributed by atoms with E-state index in [4.69, 9.17) is 4.42 Å². The molecule has 0 fully saturated rings. The number of aryl methyl sites for hydroxylation is 2. The van der Waals surface area contributed by atoms with Crippen LogP contribution in [0.25, 0.3) is 17.1 Å². The maximum atomic E-state index is 13.3. The molecule has 0 atom stereocenters. The molecular formula is C24H24N4O4S. The maximum absolute atomic E-state index is 13.3. The molecule has 0 saturated carbocycles. The van der Waals surface area contributed by atoms with E-state index in [-0.39, 0.29) is 4.90 Å². The van der Waals surface area contributed by atoms with Crippen molar-refractivity contribution in [1.29, 1.82) is 0 Å². The van der Waals surface area contributed by atoms with Crippen LogP contribution < -0.4 is 5.32 Å². The molecule has 4 aromatic rings. The van der Waals surface area contributed by atoms with Crippen LogP contribution in [0.2, 0.25) is 0 Å². The van der Waals surface area contributed by atoms with Crippen LogP contribution in [0.15, 0.2) is 76.2 Å². The van der Waals surface area contributed by atoms with Crippen molar-refractivity contribution in [2.45, 2.75) is 18.7 Å². The molecule has 0 aliphatic carbocycles. The average molecular weight is 465 g/mol. The highest BCUT2D eigenvalue weighted by Crippen LogP contribution is 2.28. The van der Waals surface area contributed by atoms with Crippen LogP contribution in [0.5, 0.6) is 0 Å². The van der Waals surface area contributed by atoms with Crippen molar-refractivity contribution in [2.75, 3.05) is 19.4 Å². The number of para-hydroxylation sites is 1. The Hall–Kier alpha value is -3.69. The van der Waals surface area contributed by atoms with Gasteiger partial charge in [0.2, 0.25) is 10.0 Å². The summed E-state index contributed by atoms with van der Waals surface area (Å²) in [5.41, 5.74) is 2.60. The third kappa shape index (κ3) is 4.46. The number of sulfonamides is 1. The SMILES string of the molecule is Cc1ccc(-c2nn(-c3ccccc3)cc2C(=O)Nc2cc(S(=O)(=O)N(C)C)ccc2C)o1. The summed E-state index contributed by atoms with van der Waals surface area (Å²) in [6.07, 6.45) is 1.63. The Morgan fingerprint density at radius 2 is 1.76 bits per heavy atom. The lowest BCUT2D eigenvalue weighted by molar-refractivity contribution is 0.102. The molecule has 1 N–H and O–H groups in total. The third-order valence-electron chi connectivity index (χ3n) is 5.19. The monoisotopic (exact) mass is 464 g/mol. The molecule has 0 aliphatic heterocycles. The summed E-state index contributed by atoms with van der Waals surface area (Å²) >= 11 is 0. The van der Waals surface area contributed by atoms with Gasteiger partial charge < -0.3 is 9.73 Å². The maximum Gasteiger partial charge on any atom is 0.259 e. The minimum atomic E-state index is -3.65. The molecule has 8 nitrogen and oxygen atoms in total. The Morgan fingerprint density at radius 1 is 1.03 bits per heavy atom. The van der Waals surface area contributed by atoms with E-state index in [0.717, 1.165) is 15.6 Å². The Balaban J connectivity index is 1.75. The Kier molecular flexibility index (Phi) is 5.92. The number of nitrogens with one attached hydrogen (secondary N) is 1. The van der Waals surface area contributed by atoms with Gasteiger partial charge in [-0.15, -0.1) is 0 Å². The van der Waals surface area contributed by atoms with E-state index in [1.165, 1.54) is 26.2 Å². The molecule has 0 bridgehead atoms. The highest BCUT2D eigenvalue weighted by Gasteiger charge is 2.23. The van der Waals surface area contributed by atoms with Crippen molar-refractivity contribution in [3.05, 3.63) is 83.7 Å². The largest absolute Gasteiger partial charge is 0.460 e. The number of furan rings is 1. The van der Waals surface area contributed by atoms with E-state index < -0.39 is 15.9 Å². The summed E-state index contributed by atoms with van der Waals surface area (Å²) in [7, 11) is -0.724. The molecular weight excluding hydrogens is 440 g/mol. The predicted octanol–water partition coefficient (Wildman–Crippen LogP) is 4.25. The molecule has 2 heterocycles. The van der Waals surface area contributed by atoms with Crippen LogP contribution in [0.1, 0.15) is 21.7 Å². The van der Waals surface area contributed by atoms with Gasteiger partial charge in [-0.25, -0.2) is 17.4 Å². The molecule has 0 radical (unpaired) electrons. The molecule has 0 aliphatic rings. The van der Waals surface area contributed by atoms with E-state index in [1.807, 2.05) is 37.3 Å². The number of hydrogen-bond acceptors (Lipinski definition) is 5. The predicted molar refractivity (Wildman–Crippen MR) is 126 cm³/mol. The Labute approximate surface area is 192 Å². The van der Waals surface area contributed by atoms with E-state index in [9.17, 15) is 13.2 Å². The number of nitrogens with zero attached hydrogens (tertiary/aromatic N) is 3. The highest BCUT2D eigenvalue weighted by molar-refractivity contribution is 7.89. The molecule has 9 heteroatoms. The first-order valence-electron chi connectivity index (χ1n) is 10.2. The van der Waals surface area contributed by atoms with E-state index >= 15 is 0 Å². The molecule has 0 unspecified atom stereocenters. The fourth-order valence-corrected chi connectivity index (χ4v) is 4.22. The zero-order valence-electron chi connectivity index (χ0n) is 18.7. The number of carbonyl (C=O) groups excluding carboxylic acids is 1. The first-order valence-corrected chi connectivity index (χ1v) is 11.7. The van der Waals surface area contributed by atoms with Crippen molar-refractivity contribution in [3.8, 4) is 17.1 Å². The van der Waals surface area contributed by atoms with Crippen LogP contribution in [0.3, 0.4) is 0 Å². The van der Waals surface area contributed by atoms with E-state index in [1.54, 1.807) is 36.0 Å². The lowest BCUT2D eigenvalue weighted by Crippen LogP contribution is -2.22. The van der Waals surface area contributed by atoms with Crippen LogP contribution in [-0.4, -0.2) is 42.5 Å². The van der Waals surface area contributed by atoms with Crippen LogP contribution in [0.4, 0.5) is 5.69 Å². The number of amides is 1. The molecule has 0 saturated heterocycles. The fraction of sp³-hybridized carbons (Fsp3) is 0.167. The second-order valence-corrected chi connectivity index (χ2v) is 9.95. The second-order valence-electron chi connectivity index (χ2n) is 7.80. The first-order chi connectivity index (χ1) is 15.7. The number of benzene rings is 2. The summed E-state index contributed by atoms with van der Waals surface area (Å²) in [5.74, 6) is 0.736. The minimum Gasteiger partial charge on any atom is -0.460 e. The topological polar surface area (TPSA) is 97.4 Å². The van der Waals surface area contributed by atoms with Crippen LogP contribution in [0, 0.1) is 13.8 Å². The molecule has 170 valence electrons. The van der Waals surface area contributed by atoms with Gasteiger partial charge >= 0.3 is 0 Å². The van der Waals surface area contributed by atoms with Gasteiger partial charge in [0.25, 0.3) is 5.91 Å². The summed E-state index contributed by atoms with van der Waals surface area (Å²) in [6.45, 7) is 3.61. The first kappa shape index (κ1) is 22.5. The number of anilines is 1. The standard InChI is InChI=1S/C24H24N4O4S/c1-16-10-12-19(33(30,31)27(3)4)14-21(16)25-24(29)20-15-28(18-8-6-5-7-9-18)26-23(20)22-13-11-17(2)32-22/h5-15H,1-4H3,(H,25,29). The van der Waals surface area contributed by atoms with Gasteiger partial charge in [-0.05, 0) is 55.8 Å². The number of aromatic nitrogens is 2. The second kappa shape index (κ2) is 8.68. The summed E-state index contributed by atoms with van der Waals surface area (Å²) in [6, 6.07) is 17.6. The molecule has 0 spiro atoms. The van der Waals surface area contributed by atoms with Crippen molar-refractivity contribution in [2.24, 2.45) is 0 Å². The van der Waals surface area contributed by atoms with Gasteiger partial charge in [0.1, 0.15) is 11.5 Å². The third-order valence-corrected chi connectivity index (χ3v) is 7.00. The molecule has 2 aromatic carbocycles. The van der Waals surface area contributed by atoms with Crippen LogP contribution >= 0.6 is 0 Å². The summed E-state index contributed by atoms with van der Waals surface area (Å²) < 4.78 is 33.6. The van der Waals surface area contributed by atoms with E-state index in [2.05, 4.69) is 10.4 Å². The number of rotatable bonds is 6. The lowest BCUT2D eigenvalue weighted by Gasteiger charge is -2.14. The highest BCUT2D eigenvalue weighted by atomic mass is 32.2. The smallest absolute Gasteiger partial charge is 0.259 e. The zero-order valence-corrected chi connectivity index (χ0v) is 19.6. The average Bonchev–Trinajstić information content (AvgIpc) is 3.42. The van der Waals surface area contributed by atoms with Crippen molar-refractivity contribution >= 4 is 21.6 Å². The quantitative estimate of drug-likeness (QED) is 0.460. The van der Waals surface area contributed by atoms with Gasteiger partial charge in [0.05, 0.1) is 16.1 Å². The molecule has 2 aromatic heterocycles. The van der Waals surface area contributed by atoms with Crippen LogP contribution in [-0.2, 0) is 10.0 Å². The Morgan fingerprint density at radius 3 is 2.39 bits per heavy atom. The van der Waals surface area contributed by atoms with Crippen molar-refractivity contribution < 1.29 is 17.6 Å². The Bertz CT molecular complexity index is 1420. The van der Waals surface area contributed by atoms with Gasteiger partial charge in [0.15, 0.2) is 5.76 Å². The van der Waals surface area contributed by atoms with Gasteiger partial charge in [0, 0.05) is 26.0 Å². The molecule has 33 heavy (non-hydrogen) atoms. The fourth-order valence-electron chi connectivity index (χ4n) is 3.29. The summed E-state index contributed by atoms with van der Waals surface area (Å²) in [4.78, 5) is 13.4. The minimum absolute atomic E-state index is 0.0928.